The highest BCUT2D eigenvalue weighted by atomic mass is 19.1. The zero-order valence-electron chi connectivity index (χ0n) is 9.14. The van der Waals surface area contributed by atoms with Gasteiger partial charge in [0.25, 0.3) is 0 Å². The van der Waals surface area contributed by atoms with Crippen molar-refractivity contribution in [2.45, 2.75) is 13.1 Å². The lowest BCUT2D eigenvalue weighted by atomic mass is 10.1. The summed E-state index contributed by atoms with van der Waals surface area (Å²) in [6, 6.07) is 6.05. The van der Waals surface area contributed by atoms with E-state index in [-0.39, 0.29) is 18.1 Å². The van der Waals surface area contributed by atoms with Crippen molar-refractivity contribution < 1.29 is 4.39 Å². The molecule has 0 amide bonds. The zero-order valence-corrected chi connectivity index (χ0v) is 9.14. The van der Waals surface area contributed by atoms with Gasteiger partial charge in [-0.2, -0.15) is 0 Å². The number of nitrogens with two attached hydrogens (primary N) is 1. The smallest absolute Gasteiger partial charge is 0.326 e. The van der Waals surface area contributed by atoms with Crippen molar-refractivity contribution in [1.82, 2.24) is 9.55 Å². The minimum atomic E-state index is -0.334. The Balaban J connectivity index is 2.36. The Morgan fingerprint density at radius 1 is 1.35 bits per heavy atom. The second-order valence-electron chi connectivity index (χ2n) is 3.65. The summed E-state index contributed by atoms with van der Waals surface area (Å²) in [6.07, 6.45) is 3.08. The maximum atomic E-state index is 13.0. The van der Waals surface area contributed by atoms with Gasteiger partial charge in [-0.05, 0) is 29.3 Å². The van der Waals surface area contributed by atoms with Crippen LogP contribution in [0.4, 0.5) is 4.39 Å². The van der Waals surface area contributed by atoms with Crippen LogP contribution in [0.5, 0.6) is 0 Å². The Hall–Kier alpha value is -2.01. The van der Waals surface area contributed by atoms with E-state index < -0.39 is 0 Å². The second kappa shape index (κ2) is 4.88. The van der Waals surface area contributed by atoms with Gasteiger partial charge in [0.15, 0.2) is 0 Å². The lowest BCUT2D eigenvalue weighted by Gasteiger charge is -2.09. The van der Waals surface area contributed by atoms with Gasteiger partial charge in [0, 0.05) is 18.9 Å². The molecule has 0 atom stereocenters. The summed E-state index contributed by atoms with van der Waals surface area (Å²) >= 11 is 0. The summed E-state index contributed by atoms with van der Waals surface area (Å²) in [4.78, 5) is 15.1. The standard InChI is InChI=1S/C12H12FN3O/c13-11-3-2-9(10(6-11)7-14)8-16-5-1-4-15-12(16)17/h1-6H,7-8,14H2. The van der Waals surface area contributed by atoms with Gasteiger partial charge in [-0.25, -0.2) is 14.2 Å². The first kappa shape index (κ1) is 11.5. The van der Waals surface area contributed by atoms with E-state index in [0.717, 1.165) is 5.56 Å². The molecule has 0 fully saturated rings. The minimum absolute atomic E-state index is 0.238. The maximum absolute atomic E-state index is 13.0. The van der Waals surface area contributed by atoms with E-state index in [1.807, 2.05) is 0 Å². The molecule has 5 heteroatoms. The summed E-state index contributed by atoms with van der Waals surface area (Å²) in [5.74, 6) is -0.326. The lowest BCUT2D eigenvalue weighted by Crippen LogP contribution is -2.22. The Morgan fingerprint density at radius 3 is 2.88 bits per heavy atom. The molecule has 2 rings (SSSR count). The third kappa shape index (κ3) is 2.57. The first-order valence-corrected chi connectivity index (χ1v) is 5.19. The molecule has 17 heavy (non-hydrogen) atoms. The molecule has 1 aromatic heterocycles. The predicted molar refractivity (Wildman–Crippen MR) is 61.9 cm³/mol. The Morgan fingerprint density at radius 2 is 2.18 bits per heavy atom. The fourth-order valence-electron chi connectivity index (χ4n) is 1.63. The third-order valence-electron chi connectivity index (χ3n) is 2.51. The van der Waals surface area contributed by atoms with Crippen molar-refractivity contribution in [2.24, 2.45) is 5.73 Å². The monoisotopic (exact) mass is 233 g/mol. The molecule has 0 unspecified atom stereocenters. The first-order chi connectivity index (χ1) is 8.20. The van der Waals surface area contributed by atoms with Gasteiger partial charge in [0.1, 0.15) is 5.82 Å². The van der Waals surface area contributed by atoms with Crippen LogP contribution in [0.1, 0.15) is 11.1 Å². The van der Waals surface area contributed by atoms with Crippen LogP contribution in [-0.2, 0) is 13.1 Å². The van der Waals surface area contributed by atoms with Crippen LogP contribution in [0.2, 0.25) is 0 Å². The molecule has 0 spiro atoms. The van der Waals surface area contributed by atoms with Crippen molar-refractivity contribution in [3.8, 4) is 0 Å². The molecule has 0 saturated heterocycles. The normalized spacial score (nSPS) is 10.5. The van der Waals surface area contributed by atoms with Crippen molar-refractivity contribution in [3.05, 3.63) is 64.1 Å². The van der Waals surface area contributed by atoms with Crippen LogP contribution in [0.25, 0.3) is 0 Å². The summed E-state index contributed by atoms with van der Waals surface area (Å²) in [7, 11) is 0. The van der Waals surface area contributed by atoms with Gasteiger partial charge < -0.3 is 5.73 Å². The molecule has 2 N–H and O–H groups in total. The van der Waals surface area contributed by atoms with Crippen molar-refractivity contribution in [2.75, 3.05) is 0 Å². The van der Waals surface area contributed by atoms with Crippen molar-refractivity contribution in [3.63, 3.8) is 0 Å². The van der Waals surface area contributed by atoms with Crippen LogP contribution in [0, 0.1) is 5.82 Å². The van der Waals surface area contributed by atoms with E-state index in [9.17, 15) is 9.18 Å². The fraction of sp³-hybridized carbons (Fsp3) is 0.167. The van der Waals surface area contributed by atoms with Gasteiger partial charge >= 0.3 is 5.69 Å². The molecule has 1 aromatic carbocycles. The van der Waals surface area contributed by atoms with E-state index in [0.29, 0.717) is 12.1 Å². The second-order valence-corrected chi connectivity index (χ2v) is 3.65. The van der Waals surface area contributed by atoms with E-state index >= 15 is 0 Å². The lowest BCUT2D eigenvalue weighted by molar-refractivity contribution is 0.622. The highest BCUT2D eigenvalue weighted by Gasteiger charge is 2.04. The Bertz CT molecular complexity index is 580. The molecule has 2 aromatic rings. The topological polar surface area (TPSA) is 60.9 Å². The Kier molecular flexibility index (Phi) is 3.30. The molecule has 0 saturated carbocycles. The number of halogens is 1. The van der Waals surface area contributed by atoms with Gasteiger partial charge in [0.2, 0.25) is 0 Å². The van der Waals surface area contributed by atoms with E-state index in [2.05, 4.69) is 4.98 Å². The SMILES string of the molecule is NCc1cc(F)ccc1Cn1cccnc1=O. The van der Waals surface area contributed by atoms with Crippen LogP contribution >= 0.6 is 0 Å². The van der Waals surface area contributed by atoms with E-state index in [1.54, 1.807) is 18.3 Å². The van der Waals surface area contributed by atoms with Gasteiger partial charge in [-0.15, -0.1) is 0 Å². The van der Waals surface area contributed by atoms with E-state index in [4.69, 9.17) is 5.73 Å². The number of hydrogen-bond donors (Lipinski definition) is 1. The number of benzene rings is 1. The fourth-order valence-corrected chi connectivity index (χ4v) is 1.63. The average molecular weight is 233 g/mol. The Labute approximate surface area is 97.5 Å². The number of rotatable bonds is 3. The summed E-state index contributed by atoms with van der Waals surface area (Å²) in [6.45, 7) is 0.585. The van der Waals surface area contributed by atoms with Crippen molar-refractivity contribution in [1.29, 1.82) is 0 Å². The summed E-state index contributed by atoms with van der Waals surface area (Å²) < 4.78 is 14.5. The van der Waals surface area contributed by atoms with Crippen LogP contribution < -0.4 is 11.4 Å². The molecule has 0 aliphatic carbocycles. The predicted octanol–water partition coefficient (Wildman–Crippen LogP) is 0.889. The number of aromatic nitrogens is 2. The van der Waals surface area contributed by atoms with Crippen LogP contribution in [-0.4, -0.2) is 9.55 Å². The largest absolute Gasteiger partial charge is 0.347 e. The number of hydrogen-bond acceptors (Lipinski definition) is 3. The van der Waals surface area contributed by atoms with Gasteiger partial charge in [0.05, 0.1) is 6.54 Å². The molecular weight excluding hydrogens is 221 g/mol. The summed E-state index contributed by atoms with van der Waals surface area (Å²) in [5, 5.41) is 0. The molecule has 0 aliphatic heterocycles. The molecular formula is C12H12FN3O. The van der Waals surface area contributed by atoms with Gasteiger partial charge in [-0.1, -0.05) is 6.07 Å². The average Bonchev–Trinajstić information content (AvgIpc) is 2.34. The third-order valence-corrected chi connectivity index (χ3v) is 2.51. The van der Waals surface area contributed by atoms with Crippen molar-refractivity contribution >= 4 is 0 Å². The highest BCUT2D eigenvalue weighted by Crippen LogP contribution is 2.11. The molecule has 0 radical (unpaired) electrons. The van der Waals surface area contributed by atoms with Crippen LogP contribution in [0.3, 0.4) is 0 Å². The molecule has 1 heterocycles. The molecule has 88 valence electrons. The van der Waals surface area contributed by atoms with Crippen LogP contribution in [0.15, 0.2) is 41.5 Å². The maximum Gasteiger partial charge on any atom is 0.347 e. The quantitative estimate of drug-likeness (QED) is 0.856. The minimum Gasteiger partial charge on any atom is -0.326 e. The number of nitrogens with zero attached hydrogens (tertiary/aromatic N) is 2. The summed E-state index contributed by atoms with van der Waals surface area (Å²) in [5.41, 5.74) is 6.73. The van der Waals surface area contributed by atoms with E-state index in [1.165, 1.54) is 22.9 Å². The van der Waals surface area contributed by atoms with Gasteiger partial charge in [-0.3, -0.25) is 4.57 Å². The molecule has 0 bridgehead atoms. The molecule has 0 aliphatic rings. The molecule has 4 nitrogen and oxygen atoms in total. The first-order valence-electron chi connectivity index (χ1n) is 5.19. The zero-order chi connectivity index (χ0) is 12.3. The highest BCUT2D eigenvalue weighted by molar-refractivity contribution is 5.28.